The molecule has 1 aliphatic heterocycles. The van der Waals surface area contributed by atoms with Crippen LogP contribution in [0.3, 0.4) is 0 Å². The van der Waals surface area contributed by atoms with E-state index in [1.807, 2.05) is 22.9 Å². The first-order valence-corrected chi connectivity index (χ1v) is 9.49. The fourth-order valence-electron chi connectivity index (χ4n) is 2.68. The minimum atomic E-state index is -0.458. The third kappa shape index (κ3) is 3.46. The van der Waals surface area contributed by atoms with Crippen molar-refractivity contribution in [2.75, 3.05) is 12.4 Å². The zero-order valence-electron chi connectivity index (χ0n) is 14.4. The number of carbonyl (C=O) groups excluding carboxylic acids is 2. The van der Waals surface area contributed by atoms with Crippen molar-refractivity contribution < 1.29 is 14.3 Å². The first-order chi connectivity index (χ1) is 12.6. The van der Waals surface area contributed by atoms with E-state index >= 15 is 0 Å². The lowest BCUT2D eigenvalue weighted by Crippen LogP contribution is -2.24. The molecule has 1 aliphatic rings. The fourth-order valence-corrected chi connectivity index (χ4v) is 4.26. The molecule has 3 aromatic rings. The van der Waals surface area contributed by atoms with Gasteiger partial charge in [0, 0.05) is 18.2 Å². The maximum atomic E-state index is 12.1. The van der Waals surface area contributed by atoms with Gasteiger partial charge in [0.1, 0.15) is 16.3 Å². The number of ether oxygens (including phenoxy) is 1. The van der Waals surface area contributed by atoms with Crippen molar-refractivity contribution in [3.8, 4) is 10.7 Å². The van der Waals surface area contributed by atoms with E-state index in [1.54, 1.807) is 14.0 Å². The maximum Gasteiger partial charge on any atom is 0.275 e. The van der Waals surface area contributed by atoms with E-state index in [1.165, 1.54) is 22.7 Å². The van der Waals surface area contributed by atoms with Crippen LogP contribution in [0.5, 0.6) is 0 Å². The molecule has 0 radical (unpaired) electrons. The Labute approximate surface area is 168 Å². The molecule has 0 saturated carbocycles. The zero-order chi connectivity index (χ0) is 18.3. The van der Waals surface area contributed by atoms with E-state index < -0.39 is 11.8 Å². The van der Waals surface area contributed by atoms with Crippen LogP contribution in [-0.2, 0) is 20.9 Å². The van der Waals surface area contributed by atoms with Crippen molar-refractivity contribution >= 4 is 62.9 Å². The van der Waals surface area contributed by atoms with Crippen molar-refractivity contribution in [3.63, 3.8) is 0 Å². The number of carbonyl (C=O) groups is 2. The second-order valence-electron chi connectivity index (χ2n) is 5.66. The van der Waals surface area contributed by atoms with E-state index in [0.29, 0.717) is 23.8 Å². The van der Waals surface area contributed by atoms with Gasteiger partial charge in [0.25, 0.3) is 11.8 Å². The van der Waals surface area contributed by atoms with Crippen LogP contribution >= 0.6 is 35.1 Å². The summed E-state index contributed by atoms with van der Waals surface area (Å²) in [7, 11) is 1.62. The number of rotatable bonds is 5. The molecule has 0 bridgehead atoms. The average Bonchev–Trinajstić information content (AvgIpc) is 3.33. The predicted molar refractivity (Wildman–Crippen MR) is 108 cm³/mol. The monoisotopic (exact) mass is 422 g/mol. The molecule has 0 unspecified atom stereocenters. The molecule has 2 amide bonds. The van der Waals surface area contributed by atoms with Gasteiger partial charge in [-0.2, -0.15) is 0 Å². The second kappa shape index (κ2) is 7.73. The number of imide groups is 1. The van der Waals surface area contributed by atoms with Gasteiger partial charge in [0.05, 0.1) is 16.9 Å². The molecule has 140 valence electrons. The number of methoxy groups -OCH3 is 1. The summed E-state index contributed by atoms with van der Waals surface area (Å²) in [5.41, 5.74) is 1.47. The van der Waals surface area contributed by atoms with Crippen molar-refractivity contribution in [2.24, 2.45) is 0 Å². The molecular weight excluding hydrogens is 408 g/mol. The first kappa shape index (κ1) is 19.4. The van der Waals surface area contributed by atoms with Crippen LogP contribution < -0.4 is 10.6 Å². The molecule has 10 heteroatoms. The third-order valence-electron chi connectivity index (χ3n) is 3.96. The smallest absolute Gasteiger partial charge is 0.275 e. The summed E-state index contributed by atoms with van der Waals surface area (Å²) < 4.78 is 5.26. The number of fused-ring (bicyclic) bond motifs is 1. The fraction of sp³-hybridized carbons (Fsp3) is 0.176. The number of halogens is 1. The standard InChI is InChI=1S/C17H14N4O3S2.ClH/c1-8-12(16(23)21-15(8)22)18-14-11-9(6-24-2)7-26-17(11)20-13(19-14)10-4-3-5-25-10;/h3-5,7H,6H2,1-2H3,(H2,18,19,20,21,22,23);1H. The van der Waals surface area contributed by atoms with Crippen molar-refractivity contribution in [1.29, 1.82) is 0 Å². The minimum absolute atomic E-state index is 0. The highest BCUT2D eigenvalue weighted by Gasteiger charge is 2.28. The molecule has 2 N–H and O–H groups in total. The highest BCUT2D eigenvalue weighted by Crippen LogP contribution is 2.34. The minimum Gasteiger partial charge on any atom is -0.380 e. The van der Waals surface area contributed by atoms with Crippen LogP contribution in [0.25, 0.3) is 20.9 Å². The van der Waals surface area contributed by atoms with E-state index in [4.69, 9.17) is 4.74 Å². The lowest BCUT2D eigenvalue weighted by Gasteiger charge is -2.10. The number of nitrogens with one attached hydrogen (secondary N) is 2. The number of hydrogen-bond donors (Lipinski definition) is 2. The summed E-state index contributed by atoms with van der Waals surface area (Å²) in [6.07, 6.45) is 0. The van der Waals surface area contributed by atoms with Crippen LogP contribution in [0.1, 0.15) is 12.5 Å². The number of hydrogen-bond acceptors (Lipinski definition) is 8. The topological polar surface area (TPSA) is 93.2 Å². The Bertz CT molecular complexity index is 1060. The average molecular weight is 423 g/mol. The third-order valence-corrected chi connectivity index (χ3v) is 5.75. The summed E-state index contributed by atoms with van der Waals surface area (Å²) in [6.45, 7) is 2.00. The van der Waals surface area contributed by atoms with Gasteiger partial charge in [-0.1, -0.05) is 6.07 Å². The van der Waals surface area contributed by atoms with E-state index in [9.17, 15) is 9.59 Å². The number of aromatic nitrogens is 2. The van der Waals surface area contributed by atoms with Gasteiger partial charge in [-0.05, 0) is 23.8 Å². The molecule has 4 rings (SSSR count). The highest BCUT2D eigenvalue weighted by molar-refractivity contribution is 7.17. The van der Waals surface area contributed by atoms with Gasteiger partial charge in [0.2, 0.25) is 0 Å². The SMILES string of the molecule is COCc1csc2nc(-c3cccs3)nc(NC3=C(C)C(=O)NC3=O)c12.Cl. The Hall–Kier alpha value is -2.33. The normalized spacial score (nSPS) is 13.9. The molecule has 0 spiro atoms. The largest absolute Gasteiger partial charge is 0.380 e. The zero-order valence-corrected chi connectivity index (χ0v) is 16.8. The summed E-state index contributed by atoms with van der Waals surface area (Å²) in [4.78, 5) is 34.8. The van der Waals surface area contributed by atoms with E-state index in [0.717, 1.165) is 20.7 Å². The highest BCUT2D eigenvalue weighted by atomic mass is 35.5. The lowest BCUT2D eigenvalue weighted by atomic mass is 10.2. The Morgan fingerprint density at radius 1 is 1.22 bits per heavy atom. The molecule has 27 heavy (non-hydrogen) atoms. The summed E-state index contributed by atoms with van der Waals surface area (Å²) in [5.74, 6) is 0.207. The van der Waals surface area contributed by atoms with Crippen LogP contribution in [0.15, 0.2) is 34.2 Å². The quantitative estimate of drug-likeness (QED) is 0.612. The molecule has 7 nitrogen and oxygen atoms in total. The number of anilines is 1. The van der Waals surface area contributed by atoms with E-state index in [-0.39, 0.29) is 18.1 Å². The molecule has 0 aliphatic carbocycles. The van der Waals surface area contributed by atoms with Crippen LogP contribution in [-0.4, -0.2) is 28.9 Å². The summed E-state index contributed by atoms with van der Waals surface area (Å²) in [5, 5.41) is 10.1. The Kier molecular flexibility index (Phi) is 5.56. The number of thiophene rings is 2. The van der Waals surface area contributed by atoms with Crippen LogP contribution in [0, 0.1) is 0 Å². The summed E-state index contributed by atoms with van der Waals surface area (Å²) in [6, 6.07) is 3.87. The molecule has 0 aromatic carbocycles. The van der Waals surface area contributed by atoms with Gasteiger partial charge >= 0.3 is 0 Å². The van der Waals surface area contributed by atoms with Crippen molar-refractivity contribution in [1.82, 2.24) is 15.3 Å². The summed E-state index contributed by atoms with van der Waals surface area (Å²) >= 11 is 3.03. The van der Waals surface area contributed by atoms with Gasteiger partial charge in [0.15, 0.2) is 5.82 Å². The predicted octanol–water partition coefficient (Wildman–Crippen LogP) is 3.33. The number of amides is 2. The van der Waals surface area contributed by atoms with Crippen molar-refractivity contribution in [2.45, 2.75) is 13.5 Å². The van der Waals surface area contributed by atoms with E-state index in [2.05, 4.69) is 20.6 Å². The number of nitrogens with zero attached hydrogens (tertiary/aromatic N) is 2. The molecule has 3 aromatic heterocycles. The second-order valence-corrected chi connectivity index (χ2v) is 7.46. The van der Waals surface area contributed by atoms with Crippen LogP contribution in [0.2, 0.25) is 0 Å². The van der Waals surface area contributed by atoms with Crippen molar-refractivity contribution in [3.05, 3.63) is 39.7 Å². The maximum absolute atomic E-state index is 12.1. The molecule has 0 fully saturated rings. The Morgan fingerprint density at radius 3 is 2.67 bits per heavy atom. The van der Waals surface area contributed by atoms with Gasteiger partial charge in [-0.3, -0.25) is 14.9 Å². The Balaban J connectivity index is 0.00000210. The van der Waals surface area contributed by atoms with Gasteiger partial charge < -0.3 is 10.1 Å². The first-order valence-electron chi connectivity index (χ1n) is 7.73. The van der Waals surface area contributed by atoms with Crippen LogP contribution in [0.4, 0.5) is 5.82 Å². The molecule has 4 heterocycles. The molecule has 0 saturated heterocycles. The Morgan fingerprint density at radius 2 is 2.04 bits per heavy atom. The molecule has 0 atom stereocenters. The molecular formula is C17H15ClN4O3S2. The lowest BCUT2D eigenvalue weighted by molar-refractivity contribution is -0.124. The van der Waals surface area contributed by atoms with Gasteiger partial charge in [-0.15, -0.1) is 35.1 Å². The van der Waals surface area contributed by atoms with Gasteiger partial charge in [-0.25, -0.2) is 9.97 Å².